The van der Waals surface area contributed by atoms with Crippen molar-refractivity contribution in [1.82, 2.24) is 15.2 Å². The van der Waals surface area contributed by atoms with E-state index in [-0.39, 0.29) is 29.5 Å². The topological polar surface area (TPSA) is 184 Å². The number of oxime groups is 1. The van der Waals surface area contributed by atoms with Crippen molar-refractivity contribution >= 4 is 64.6 Å². The van der Waals surface area contributed by atoms with Crippen LogP contribution in [-0.2, 0) is 20.1 Å². The van der Waals surface area contributed by atoms with Crippen LogP contribution in [0.15, 0.2) is 52.5 Å². The van der Waals surface area contributed by atoms with Crippen molar-refractivity contribution in [1.29, 1.82) is 0 Å². The van der Waals surface area contributed by atoms with Crippen LogP contribution in [0, 0.1) is 0 Å². The molecule has 0 radical (unpaired) electrons. The number of β-lactam (4-membered cyclic amide) rings is 1. The van der Waals surface area contributed by atoms with Gasteiger partial charge in [0.2, 0.25) is 5.91 Å². The summed E-state index contributed by atoms with van der Waals surface area (Å²) in [5.41, 5.74) is 11.9. The zero-order valence-corrected chi connectivity index (χ0v) is 22.0. The predicted octanol–water partition coefficient (Wildman–Crippen LogP) is 1.05. The van der Waals surface area contributed by atoms with Crippen LogP contribution >= 0.6 is 35.3 Å². The molecule has 14 heteroatoms. The molecule has 2 fully saturated rings. The summed E-state index contributed by atoms with van der Waals surface area (Å²) in [4.78, 5) is 44.5. The Morgan fingerprint density at radius 2 is 2.05 bits per heavy atom. The van der Waals surface area contributed by atoms with E-state index in [1.807, 2.05) is 24.3 Å². The van der Waals surface area contributed by atoms with Crippen molar-refractivity contribution in [2.45, 2.75) is 26.8 Å². The normalized spacial score (nSPS) is 23.2. The van der Waals surface area contributed by atoms with E-state index in [9.17, 15) is 24.7 Å². The van der Waals surface area contributed by atoms with Gasteiger partial charge in [0, 0.05) is 35.2 Å². The first-order chi connectivity index (χ1) is 17.8. The number of carboxylic acids is 1. The highest BCUT2D eigenvalue weighted by Gasteiger charge is 2.58. The Kier molecular flexibility index (Phi) is 8.52. The van der Waals surface area contributed by atoms with Gasteiger partial charge in [0.25, 0.3) is 5.91 Å². The van der Waals surface area contributed by atoms with E-state index in [1.165, 1.54) is 40.6 Å². The van der Waals surface area contributed by atoms with Gasteiger partial charge in [-0.1, -0.05) is 29.4 Å². The van der Waals surface area contributed by atoms with Crippen LogP contribution in [0.3, 0.4) is 0 Å². The molecule has 1 aromatic heterocycles. The molecule has 2 aliphatic rings. The number of nitrogen functional groups attached to an aromatic ring is 1. The van der Waals surface area contributed by atoms with Crippen LogP contribution in [0.4, 0.5) is 5.82 Å². The van der Waals surface area contributed by atoms with Crippen LogP contribution in [0.1, 0.15) is 11.3 Å². The first kappa shape index (κ1) is 27.1. The molecule has 2 saturated heterocycles. The molecule has 1 unspecified atom stereocenters. The van der Waals surface area contributed by atoms with E-state index in [1.54, 1.807) is 17.8 Å². The molecule has 0 spiro atoms. The van der Waals surface area contributed by atoms with Gasteiger partial charge in [-0.15, -0.1) is 23.5 Å². The number of pyridine rings is 1. The minimum atomic E-state index is -1.25. The number of aromatic nitrogens is 1. The number of rotatable bonds is 10. The van der Waals surface area contributed by atoms with Crippen molar-refractivity contribution in [3.63, 3.8) is 0 Å². The number of anilines is 1. The molecule has 7 N–H and O–H groups in total. The number of thioether (sulfide) groups is 3. The molecule has 0 saturated carbocycles. The molecule has 196 valence electrons. The van der Waals surface area contributed by atoms with Crippen molar-refractivity contribution < 1.29 is 24.7 Å². The number of amides is 2. The number of carbonyl (C=O) groups is 3. The van der Waals surface area contributed by atoms with E-state index < -0.39 is 33.9 Å². The standard InChI is InChI=1S/C23H26N6O5S3/c24-8-9-35-10-13-4-1-2-6-15(13)37-23(22(32)33)11-29-20(31)18(21(29)36-12-23)27-19(30)17(28-34)14-5-3-7-16(25)26-14/h1-7,18,21,34H,8-12,24H2,(H2,25,26)(H,27,30)(H,32,33)/t18-,21-,23?/m1/s1. The molecule has 4 rings (SSSR count). The molecular formula is C23H26N6O5S3. The van der Waals surface area contributed by atoms with Crippen LogP contribution in [0.2, 0.25) is 0 Å². The number of hydrogen-bond acceptors (Lipinski definition) is 11. The molecule has 1 aromatic carbocycles. The summed E-state index contributed by atoms with van der Waals surface area (Å²) in [6.45, 7) is 0.561. The lowest BCUT2D eigenvalue weighted by Crippen LogP contribution is -2.74. The molecule has 11 nitrogen and oxygen atoms in total. The van der Waals surface area contributed by atoms with E-state index >= 15 is 0 Å². The summed E-state index contributed by atoms with van der Waals surface area (Å²) in [5.74, 6) is -0.312. The third-order valence-corrected chi connectivity index (χ3v) is 10.1. The van der Waals surface area contributed by atoms with E-state index in [0.29, 0.717) is 12.3 Å². The smallest absolute Gasteiger partial charge is 0.322 e. The summed E-state index contributed by atoms with van der Waals surface area (Å²) >= 11 is 4.22. The maximum absolute atomic E-state index is 13.0. The number of fused-ring (bicyclic) bond motifs is 1. The zero-order valence-electron chi connectivity index (χ0n) is 19.6. The maximum Gasteiger partial charge on any atom is 0.322 e. The van der Waals surface area contributed by atoms with Gasteiger partial charge < -0.3 is 32.0 Å². The molecule has 3 heterocycles. The zero-order chi connectivity index (χ0) is 26.6. The fourth-order valence-electron chi connectivity index (χ4n) is 3.99. The Balaban J connectivity index is 1.45. The van der Waals surface area contributed by atoms with E-state index in [2.05, 4.69) is 15.5 Å². The second kappa shape index (κ2) is 11.6. The van der Waals surface area contributed by atoms with Crippen molar-refractivity contribution in [3.05, 3.63) is 53.7 Å². The van der Waals surface area contributed by atoms with Crippen LogP contribution < -0.4 is 16.8 Å². The lowest BCUT2D eigenvalue weighted by Gasteiger charge is -2.53. The minimum absolute atomic E-state index is 0.00211. The van der Waals surface area contributed by atoms with Gasteiger partial charge in [-0.05, 0) is 23.8 Å². The SMILES string of the molecule is NCCSCc1ccccc1SC1(C(=O)O)CS[C@@H]2[C@H](NC(=O)C(=NO)c3cccc(N)n3)C(=O)N2C1. The monoisotopic (exact) mass is 562 g/mol. The van der Waals surface area contributed by atoms with Crippen molar-refractivity contribution in [3.8, 4) is 0 Å². The fraction of sp³-hybridized carbons (Fsp3) is 0.348. The summed E-state index contributed by atoms with van der Waals surface area (Å²) < 4.78 is -1.25. The van der Waals surface area contributed by atoms with Gasteiger partial charge in [0.15, 0.2) is 5.71 Å². The van der Waals surface area contributed by atoms with Gasteiger partial charge in [0.1, 0.15) is 27.7 Å². The summed E-state index contributed by atoms with van der Waals surface area (Å²) in [6, 6.07) is 11.3. The summed E-state index contributed by atoms with van der Waals surface area (Å²) in [7, 11) is 0. The summed E-state index contributed by atoms with van der Waals surface area (Å²) in [6.07, 6.45) is 0. The number of carboxylic acid groups (broad SMARTS) is 1. The molecule has 0 bridgehead atoms. The van der Waals surface area contributed by atoms with Gasteiger partial charge >= 0.3 is 5.97 Å². The van der Waals surface area contributed by atoms with Gasteiger partial charge in [0.05, 0.1) is 0 Å². The number of carbonyl (C=O) groups excluding carboxylic acids is 2. The summed E-state index contributed by atoms with van der Waals surface area (Å²) in [5, 5.41) is 24.8. The lowest BCUT2D eigenvalue weighted by molar-refractivity contribution is -0.151. The Labute approximate surface area is 225 Å². The molecule has 2 aromatic rings. The van der Waals surface area contributed by atoms with Gasteiger partial charge in [-0.25, -0.2) is 4.98 Å². The number of hydrogen-bond donors (Lipinski definition) is 5. The molecule has 2 amide bonds. The largest absolute Gasteiger partial charge is 0.480 e. The highest BCUT2D eigenvalue weighted by Crippen LogP contribution is 2.47. The molecule has 0 aliphatic carbocycles. The molecule has 3 atom stereocenters. The Morgan fingerprint density at radius 3 is 2.76 bits per heavy atom. The minimum Gasteiger partial charge on any atom is -0.480 e. The van der Waals surface area contributed by atoms with E-state index in [4.69, 9.17) is 11.5 Å². The van der Waals surface area contributed by atoms with Gasteiger partial charge in [-0.2, -0.15) is 11.8 Å². The highest BCUT2D eigenvalue weighted by molar-refractivity contribution is 8.05. The average molecular weight is 563 g/mol. The van der Waals surface area contributed by atoms with Crippen LogP contribution in [0.5, 0.6) is 0 Å². The van der Waals surface area contributed by atoms with Crippen LogP contribution in [0.25, 0.3) is 0 Å². The predicted molar refractivity (Wildman–Crippen MR) is 145 cm³/mol. The fourth-order valence-corrected chi connectivity index (χ4v) is 7.82. The van der Waals surface area contributed by atoms with Crippen LogP contribution in [-0.4, -0.2) is 84.5 Å². The number of aliphatic carboxylic acids is 1. The Hall–Kier alpha value is -2.94. The third-order valence-electron chi connectivity index (χ3n) is 5.86. The second-order valence-electron chi connectivity index (χ2n) is 8.37. The molecular weight excluding hydrogens is 536 g/mol. The molecule has 37 heavy (non-hydrogen) atoms. The van der Waals surface area contributed by atoms with Crippen molar-refractivity contribution in [2.75, 3.05) is 30.3 Å². The molecule has 2 aliphatic heterocycles. The lowest BCUT2D eigenvalue weighted by atomic mass is 10.0. The third kappa shape index (κ3) is 5.66. The number of benzene rings is 1. The maximum atomic E-state index is 13.0. The highest BCUT2D eigenvalue weighted by atomic mass is 32.2. The first-order valence-corrected chi connectivity index (χ1v) is 14.3. The number of nitrogens with two attached hydrogens (primary N) is 2. The second-order valence-corrected chi connectivity index (χ2v) is 12.0. The Bertz CT molecular complexity index is 1230. The first-order valence-electron chi connectivity index (χ1n) is 11.3. The quantitative estimate of drug-likeness (QED) is 0.0916. The average Bonchev–Trinajstić information content (AvgIpc) is 2.89. The number of nitrogens with one attached hydrogen (secondary N) is 1. The Morgan fingerprint density at radius 1 is 1.27 bits per heavy atom. The van der Waals surface area contributed by atoms with Gasteiger partial charge in [-0.3, -0.25) is 14.4 Å². The van der Waals surface area contributed by atoms with E-state index in [0.717, 1.165) is 16.2 Å². The van der Waals surface area contributed by atoms with Crippen molar-refractivity contribution in [2.24, 2.45) is 10.9 Å². The number of nitrogens with zero attached hydrogens (tertiary/aromatic N) is 3.